The zero-order chi connectivity index (χ0) is 14.4. The zero-order valence-electron chi connectivity index (χ0n) is 12.3. The van der Waals surface area contributed by atoms with Gasteiger partial charge in [0.2, 0.25) is 0 Å². The van der Waals surface area contributed by atoms with Crippen molar-refractivity contribution in [1.29, 1.82) is 0 Å². The lowest BCUT2D eigenvalue weighted by Crippen LogP contribution is -2.52. The molecule has 6 heteroatoms. The Labute approximate surface area is 148 Å². The number of halogens is 2. The Morgan fingerprint density at radius 3 is 2.67 bits per heavy atom. The van der Waals surface area contributed by atoms with E-state index in [1.165, 1.54) is 5.69 Å². The van der Waals surface area contributed by atoms with Gasteiger partial charge in [0, 0.05) is 50.5 Å². The van der Waals surface area contributed by atoms with Gasteiger partial charge in [-0.3, -0.25) is 4.99 Å². The molecule has 1 aromatic carbocycles. The van der Waals surface area contributed by atoms with Crippen LogP contribution < -0.4 is 10.2 Å². The van der Waals surface area contributed by atoms with Gasteiger partial charge < -0.3 is 15.1 Å². The van der Waals surface area contributed by atoms with Crippen molar-refractivity contribution in [2.24, 2.45) is 4.99 Å². The molecule has 1 aromatic rings. The molecule has 1 aliphatic rings. The molecule has 0 unspecified atom stereocenters. The lowest BCUT2D eigenvalue weighted by Gasteiger charge is -2.37. The van der Waals surface area contributed by atoms with Crippen LogP contribution in [0.3, 0.4) is 0 Å². The standard InChI is InChI=1S/C15H21ClN4.HI/c1-3-7-18-15(17-2)20-10-8-19(9-11-20)14-6-4-5-13(16)12-14;/h3-6,12H,1,7-11H2,2H3,(H,17,18);1H. The zero-order valence-corrected chi connectivity index (χ0v) is 15.3. The average molecular weight is 421 g/mol. The summed E-state index contributed by atoms with van der Waals surface area (Å²) in [6, 6.07) is 8.02. The van der Waals surface area contributed by atoms with Crippen molar-refractivity contribution in [2.45, 2.75) is 0 Å². The van der Waals surface area contributed by atoms with Gasteiger partial charge in [0.05, 0.1) is 0 Å². The van der Waals surface area contributed by atoms with Crippen LogP contribution in [0.15, 0.2) is 41.9 Å². The second-order valence-corrected chi connectivity index (χ2v) is 5.11. The van der Waals surface area contributed by atoms with Crippen LogP contribution in [0.2, 0.25) is 5.02 Å². The topological polar surface area (TPSA) is 30.9 Å². The van der Waals surface area contributed by atoms with Gasteiger partial charge in [-0.15, -0.1) is 30.6 Å². The number of nitrogens with one attached hydrogen (secondary N) is 1. The summed E-state index contributed by atoms with van der Waals surface area (Å²) in [4.78, 5) is 8.92. The van der Waals surface area contributed by atoms with Crippen LogP contribution in [0.1, 0.15) is 0 Å². The predicted octanol–water partition coefficient (Wildman–Crippen LogP) is 2.84. The number of benzene rings is 1. The molecule has 1 aliphatic heterocycles. The highest BCUT2D eigenvalue weighted by atomic mass is 127. The molecule has 4 nitrogen and oxygen atoms in total. The molecule has 0 atom stereocenters. The van der Waals surface area contributed by atoms with E-state index in [1.54, 1.807) is 0 Å². The quantitative estimate of drug-likeness (QED) is 0.353. The first-order valence-corrected chi connectivity index (χ1v) is 7.19. The van der Waals surface area contributed by atoms with E-state index in [0.717, 1.165) is 43.7 Å². The molecular formula is C15H22ClIN4. The van der Waals surface area contributed by atoms with E-state index in [1.807, 2.05) is 31.3 Å². The number of nitrogens with zero attached hydrogens (tertiary/aromatic N) is 3. The van der Waals surface area contributed by atoms with Crippen LogP contribution in [0.4, 0.5) is 5.69 Å². The van der Waals surface area contributed by atoms with Crippen molar-refractivity contribution < 1.29 is 0 Å². The maximum atomic E-state index is 6.05. The van der Waals surface area contributed by atoms with Crippen LogP contribution in [0.25, 0.3) is 0 Å². The molecule has 0 spiro atoms. The van der Waals surface area contributed by atoms with Crippen molar-refractivity contribution >= 4 is 47.2 Å². The van der Waals surface area contributed by atoms with Crippen molar-refractivity contribution in [3.63, 3.8) is 0 Å². The summed E-state index contributed by atoms with van der Waals surface area (Å²) in [7, 11) is 1.81. The van der Waals surface area contributed by atoms with Gasteiger partial charge >= 0.3 is 0 Å². The van der Waals surface area contributed by atoms with Gasteiger partial charge in [-0.1, -0.05) is 23.7 Å². The van der Waals surface area contributed by atoms with Crippen LogP contribution >= 0.6 is 35.6 Å². The summed E-state index contributed by atoms with van der Waals surface area (Å²) in [5.41, 5.74) is 1.19. The monoisotopic (exact) mass is 420 g/mol. The molecule has 0 aliphatic carbocycles. The van der Waals surface area contributed by atoms with E-state index in [4.69, 9.17) is 11.6 Å². The van der Waals surface area contributed by atoms with Gasteiger partial charge in [0.1, 0.15) is 0 Å². The molecule has 0 radical (unpaired) electrons. The fraction of sp³-hybridized carbons (Fsp3) is 0.400. The molecular weight excluding hydrogens is 399 g/mol. The second-order valence-electron chi connectivity index (χ2n) is 4.67. The first-order chi connectivity index (χ1) is 9.74. The molecule has 116 valence electrons. The molecule has 0 bridgehead atoms. The summed E-state index contributed by atoms with van der Waals surface area (Å²) < 4.78 is 0. The maximum absolute atomic E-state index is 6.05. The van der Waals surface area contributed by atoms with Crippen LogP contribution in [0.5, 0.6) is 0 Å². The van der Waals surface area contributed by atoms with Gasteiger partial charge in [-0.25, -0.2) is 0 Å². The fourth-order valence-corrected chi connectivity index (χ4v) is 2.53. The van der Waals surface area contributed by atoms with Crippen LogP contribution in [-0.4, -0.2) is 50.6 Å². The third-order valence-electron chi connectivity index (χ3n) is 3.37. The van der Waals surface area contributed by atoms with Crippen molar-refractivity contribution in [3.8, 4) is 0 Å². The van der Waals surface area contributed by atoms with Crippen LogP contribution in [-0.2, 0) is 0 Å². The molecule has 1 N–H and O–H groups in total. The number of hydrogen-bond donors (Lipinski definition) is 1. The van der Waals surface area contributed by atoms with Crippen molar-refractivity contribution in [1.82, 2.24) is 10.2 Å². The lowest BCUT2D eigenvalue weighted by molar-refractivity contribution is 0.374. The summed E-state index contributed by atoms with van der Waals surface area (Å²) in [5, 5.41) is 4.06. The van der Waals surface area contributed by atoms with Crippen molar-refractivity contribution in [2.75, 3.05) is 44.7 Å². The smallest absolute Gasteiger partial charge is 0.194 e. The minimum absolute atomic E-state index is 0. The number of anilines is 1. The lowest BCUT2D eigenvalue weighted by atomic mass is 10.2. The predicted molar refractivity (Wildman–Crippen MR) is 102 cm³/mol. The van der Waals surface area contributed by atoms with Gasteiger partial charge in [0.25, 0.3) is 0 Å². The minimum Gasteiger partial charge on any atom is -0.368 e. The fourth-order valence-electron chi connectivity index (χ4n) is 2.35. The Bertz CT molecular complexity index is 484. The summed E-state index contributed by atoms with van der Waals surface area (Å²) >= 11 is 6.05. The molecule has 1 saturated heterocycles. The molecule has 0 aromatic heterocycles. The van der Waals surface area contributed by atoms with E-state index in [9.17, 15) is 0 Å². The summed E-state index contributed by atoms with van der Waals surface area (Å²) in [6.45, 7) is 8.28. The number of hydrogen-bond acceptors (Lipinski definition) is 2. The number of piperazine rings is 1. The highest BCUT2D eigenvalue weighted by Gasteiger charge is 2.19. The molecule has 0 saturated carbocycles. The molecule has 1 heterocycles. The Hall–Kier alpha value is -0.950. The SMILES string of the molecule is C=CCNC(=NC)N1CCN(c2cccc(Cl)c2)CC1.I. The average Bonchev–Trinajstić information content (AvgIpc) is 2.49. The number of guanidine groups is 1. The van der Waals surface area contributed by atoms with Crippen LogP contribution in [0, 0.1) is 0 Å². The van der Waals surface area contributed by atoms with E-state index in [2.05, 4.69) is 32.8 Å². The second kappa shape index (κ2) is 9.15. The van der Waals surface area contributed by atoms with E-state index < -0.39 is 0 Å². The van der Waals surface area contributed by atoms with E-state index >= 15 is 0 Å². The Balaban J connectivity index is 0.00000220. The molecule has 21 heavy (non-hydrogen) atoms. The van der Waals surface area contributed by atoms with E-state index in [0.29, 0.717) is 0 Å². The number of rotatable bonds is 3. The first-order valence-electron chi connectivity index (χ1n) is 6.81. The minimum atomic E-state index is 0. The van der Waals surface area contributed by atoms with E-state index in [-0.39, 0.29) is 24.0 Å². The van der Waals surface area contributed by atoms with Gasteiger partial charge in [0.15, 0.2) is 5.96 Å². The summed E-state index contributed by atoms with van der Waals surface area (Å²) in [6.07, 6.45) is 1.84. The summed E-state index contributed by atoms with van der Waals surface area (Å²) in [5.74, 6) is 0.940. The normalized spacial score (nSPS) is 15.4. The Kier molecular flexibility index (Phi) is 7.88. The molecule has 1 fully saturated rings. The molecule has 2 rings (SSSR count). The molecule has 0 amide bonds. The van der Waals surface area contributed by atoms with Gasteiger partial charge in [-0.2, -0.15) is 0 Å². The Morgan fingerprint density at radius 2 is 2.10 bits per heavy atom. The first kappa shape index (κ1) is 18.1. The highest BCUT2D eigenvalue weighted by molar-refractivity contribution is 14.0. The third-order valence-corrected chi connectivity index (χ3v) is 3.60. The largest absolute Gasteiger partial charge is 0.368 e. The maximum Gasteiger partial charge on any atom is 0.194 e. The highest BCUT2D eigenvalue weighted by Crippen LogP contribution is 2.20. The number of aliphatic imine (C=N–C) groups is 1. The van der Waals surface area contributed by atoms with Gasteiger partial charge in [-0.05, 0) is 18.2 Å². The Morgan fingerprint density at radius 1 is 1.38 bits per heavy atom. The van der Waals surface area contributed by atoms with Crippen molar-refractivity contribution in [3.05, 3.63) is 41.9 Å². The third kappa shape index (κ3) is 5.07.